The second-order valence-corrected chi connectivity index (χ2v) is 10.9. The van der Waals surface area contributed by atoms with Crippen LogP contribution in [0.3, 0.4) is 0 Å². The van der Waals surface area contributed by atoms with Crippen LogP contribution in [-0.4, -0.2) is 59.2 Å². The fourth-order valence-corrected chi connectivity index (χ4v) is 5.60. The Kier molecular flexibility index (Phi) is 8.43. The van der Waals surface area contributed by atoms with Crippen LogP contribution in [0.5, 0.6) is 0 Å². The number of carbonyl (C=O) groups excluding carboxylic acids is 2. The van der Waals surface area contributed by atoms with Crippen LogP contribution in [0.15, 0.2) is 64.6 Å². The lowest BCUT2D eigenvalue weighted by Gasteiger charge is -2.30. The van der Waals surface area contributed by atoms with Crippen LogP contribution >= 0.6 is 23.4 Å². The zero-order valence-corrected chi connectivity index (χ0v) is 22.8. The van der Waals surface area contributed by atoms with Crippen LogP contribution in [0.1, 0.15) is 24.8 Å². The second kappa shape index (κ2) is 12.0. The predicted molar refractivity (Wildman–Crippen MR) is 153 cm³/mol. The lowest BCUT2D eigenvalue weighted by atomic mass is 10.1. The molecule has 12 heteroatoms. The Balaban J connectivity index is 1.38. The lowest BCUT2D eigenvalue weighted by Crippen LogP contribution is -2.45. The molecule has 208 valence electrons. The van der Waals surface area contributed by atoms with Gasteiger partial charge in [-0.1, -0.05) is 30.2 Å². The molecule has 0 radical (unpaired) electrons. The number of likely N-dealkylation sites (tertiary alicyclic amines) is 1. The van der Waals surface area contributed by atoms with Gasteiger partial charge in [-0.15, -0.1) is 0 Å². The molecule has 0 spiro atoms. The number of thioether (sulfide) groups is 1. The number of carbonyl (C=O) groups is 2. The first kappa shape index (κ1) is 28.1. The summed E-state index contributed by atoms with van der Waals surface area (Å²) < 4.78 is 40.5. The number of nitrogens with one attached hydrogen (secondary N) is 1. The molecular weight excluding hydrogens is 563 g/mol. The Morgan fingerprint density at radius 2 is 1.95 bits per heavy atom. The van der Waals surface area contributed by atoms with Gasteiger partial charge in [-0.2, -0.15) is 13.2 Å². The van der Waals surface area contributed by atoms with Gasteiger partial charge in [0.25, 0.3) is 5.91 Å². The van der Waals surface area contributed by atoms with Gasteiger partial charge in [-0.3, -0.25) is 14.6 Å². The average molecular weight is 588 g/mol. The van der Waals surface area contributed by atoms with Crippen molar-refractivity contribution in [3.05, 3.63) is 70.2 Å². The second-order valence-electron chi connectivity index (χ2n) is 9.43. The van der Waals surface area contributed by atoms with Crippen LogP contribution in [0.2, 0.25) is 5.02 Å². The minimum Gasteiger partial charge on any atom is -0.303 e. The highest BCUT2D eigenvalue weighted by Gasteiger charge is 2.43. The molecular formula is C28H25ClF3N5O2S. The van der Waals surface area contributed by atoms with Crippen LogP contribution in [-0.2, 0) is 9.59 Å². The molecule has 2 aliphatic rings. The number of piperidine rings is 1. The fraction of sp³-hybridized carbons (Fsp3) is 0.286. The minimum atomic E-state index is -5.04. The molecule has 5 rings (SSSR count). The van der Waals surface area contributed by atoms with Crippen LogP contribution in [0.4, 0.5) is 24.5 Å². The first-order valence-corrected chi connectivity index (χ1v) is 13.9. The molecule has 0 saturated carbocycles. The fourth-order valence-electron chi connectivity index (χ4n) is 4.61. The van der Waals surface area contributed by atoms with Crippen molar-refractivity contribution in [2.75, 3.05) is 31.1 Å². The van der Waals surface area contributed by atoms with Crippen molar-refractivity contribution in [3.8, 4) is 0 Å². The van der Waals surface area contributed by atoms with E-state index in [4.69, 9.17) is 11.6 Å². The van der Waals surface area contributed by atoms with Crippen molar-refractivity contribution in [2.24, 2.45) is 4.99 Å². The molecule has 3 aromatic rings. The number of aliphatic imine (C=N–C) groups is 1. The van der Waals surface area contributed by atoms with E-state index in [9.17, 15) is 22.8 Å². The minimum absolute atomic E-state index is 0.0259. The van der Waals surface area contributed by atoms with Crippen LogP contribution < -0.4 is 10.2 Å². The maximum atomic E-state index is 13.5. The van der Waals surface area contributed by atoms with E-state index >= 15 is 0 Å². The molecule has 1 N–H and O–H groups in total. The number of rotatable bonds is 6. The standard InChI is InChI=1S/C28H25ClF3N5O2S/c29-21-8-7-20(37(26(39)28(30,31)32)14-13-36-11-2-1-3-12-36)17-23(21)34-27-35-25(38)24(40-27)16-18-6-9-22-19(15-18)5-4-10-33-22/h4-10,15-17H,1-3,11-14H2,(H,34,35,38). The summed E-state index contributed by atoms with van der Waals surface area (Å²) in [5.74, 6) is -2.32. The van der Waals surface area contributed by atoms with Crippen LogP contribution in [0.25, 0.3) is 17.0 Å². The molecule has 2 amide bonds. The molecule has 2 fully saturated rings. The molecule has 40 heavy (non-hydrogen) atoms. The van der Waals surface area contributed by atoms with E-state index in [1.54, 1.807) is 12.3 Å². The maximum Gasteiger partial charge on any atom is 0.471 e. The first-order valence-electron chi connectivity index (χ1n) is 12.7. The highest BCUT2D eigenvalue weighted by Crippen LogP contribution is 2.35. The van der Waals surface area contributed by atoms with Crippen molar-refractivity contribution in [1.29, 1.82) is 0 Å². The van der Waals surface area contributed by atoms with E-state index in [1.165, 1.54) is 18.2 Å². The van der Waals surface area contributed by atoms with Crippen molar-refractivity contribution >= 4 is 68.7 Å². The van der Waals surface area contributed by atoms with Crippen molar-refractivity contribution in [3.63, 3.8) is 0 Å². The number of anilines is 1. The summed E-state index contributed by atoms with van der Waals surface area (Å²) in [5.41, 5.74) is 1.80. The van der Waals surface area contributed by atoms with Gasteiger partial charge >= 0.3 is 12.1 Å². The summed E-state index contributed by atoms with van der Waals surface area (Å²) in [6, 6.07) is 13.5. The number of nitrogens with zero attached hydrogens (tertiary/aromatic N) is 4. The molecule has 3 heterocycles. The molecule has 0 bridgehead atoms. The monoisotopic (exact) mass is 587 g/mol. The summed E-state index contributed by atoms with van der Waals surface area (Å²) in [4.78, 5) is 36.8. The number of alkyl halides is 3. The number of amides is 2. The Morgan fingerprint density at radius 3 is 2.73 bits per heavy atom. The van der Waals surface area contributed by atoms with E-state index in [1.807, 2.05) is 30.3 Å². The molecule has 0 unspecified atom stereocenters. The first-order chi connectivity index (χ1) is 19.2. The summed E-state index contributed by atoms with van der Waals surface area (Å²) in [6.07, 6.45) is 1.43. The van der Waals surface area contributed by atoms with Gasteiger partial charge < -0.3 is 15.1 Å². The number of amidine groups is 1. The molecule has 1 aromatic heterocycles. The molecule has 2 aliphatic heterocycles. The Bertz CT molecular complexity index is 1500. The van der Waals surface area contributed by atoms with E-state index in [-0.39, 0.29) is 34.0 Å². The van der Waals surface area contributed by atoms with E-state index in [0.29, 0.717) is 11.4 Å². The Labute approximate surface area is 238 Å². The Morgan fingerprint density at radius 1 is 1.15 bits per heavy atom. The highest BCUT2D eigenvalue weighted by molar-refractivity contribution is 8.18. The molecule has 7 nitrogen and oxygen atoms in total. The van der Waals surface area contributed by atoms with Crippen molar-refractivity contribution < 1.29 is 22.8 Å². The van der Waals surface area contributed by atoms with Gasteiger partial charge in [0.15, 0.2) is 5.17 Å². The highest BCUT2D eigenvalue weighted by atomic mass is 35.5. The normalized spacial score (nSPS) is 18.4. The summed E-state index contributed by atoms with van der Waals surface area (Å²) in [6.45, 7) is 1.77. The molecule has 0 aliphatic carbocycles. The van der Waals surface area contributed by atoms with Gasteiger partial charge in [0, 0.05) is 30.4 Å². The number of benzene rings is 2. The quantitative estimate of drug-likeness (QED) is 0.350. The number of fused-ring (bicyclic) bond motifs is 1. The number of hydrogen-bond acceptors (Lipinski definition) is 6. The Hall–Kier alpha value is -3.41. The van der Waals surface area contributed by atoms with Gasteiger partial charge in [-0.25, -0.2) is 4.99 Å². The zero-order valence-electron chi connectivity index (χ0n) is 21.2. The SMILES string of the molecule is O=C1NC(=Nc2cc(N(CCN3CCCCC3)C(=O)C(F)(F)F)ccc2Cl)SC1=Cc1ccc2ncccc2c1. The van der Waals surface area contributed by atoms with Gasteiger partial charge in [0.1, 0.15) is 0 Å². The van der Waals surface area contributed by atoms with E-state index in [2.05, 4.69) is 20.2 Å². The number of pyridine rings is 1. The van der Waals surface area contributed by atoms with Crippen molar-refractivity contribution in [1.82, 2.24) is 15.2 Å². The zero-order chi connectivity index (χ0) is 28.3. The number of halogens is 4. The van der Waals surface area contributed by atoms with E-state index in [0.717, 1.165) is 65.5 Å². The predicted octanol–water partition coefficient (Wildman–Crippen LogP) is 6.16. The van der Waals surface area contributed by atoms with Gasteiger partial charge in [0.2, 0.25) is 0 Å². The number of hydrogen-bond donors (Lipinski definition) is 1. The number of aromatic nitrogens is 1. The largest absolute Gasteiger partial charge is 0.471 e. The van der Waals surface area contributed by atoms with Gasteiger partial charge in [-0.05, 0) is 85.7 Å². The van der Waals surface area contributed by atoms with Crippen LogP contribution in [0, 0.1) is 0 Å². The smallest absolute Gasteiger partial charge is 0.303 e. The third-order valence-corrected chi connectivity index (χ3v) is 7.84. The summed E-state index contributed by atoms with van der Waals surface area (Å²) in [5, 5.41) is 3.98. The molecule has 2 saturated heterocycles. The average Bonchev–Trinajstić information content (AvgIpc) is 3.28. The van der Waals surface area contributed by atoms with Crippen molar-refractivity contribution in [2.45, 2.75) is 25.4 Å². The maximum absolute atomic E-state index is 13.5. The van der Waals surface area contributed by atoms with E-state index < -0.39 is 12.1 Å². The molecule has 2 aromatic carbocycles. The summed E-state index contributed by atoms with van der Waals surface area (Å²) in [7, 11) is 0. The lowest BCUT2D eigenvalue weighted by molar-refractivity contribution is -0.170. The topological polar surface area (TPSA) is 77.9 Å². The molecule has 0 atom stereocenters. The summed E-state index contributed by atoms with van der Waals surface area (Å²) >= 11 is 7.41. The third-order valence-electron chi connectivity index (χ3n) is 6.62. The third kappa shape index (κ3) is 6.65. The van der Waals surface area contributed by atoms with Gasteiger partial charge in [0.05, 0.1) is 21.1 Å².